The molecule has 1 saturated carbocycles. The monoisotopic (exact) mass is 170 g/mol. The van der Waals surface area contributed by atoms with Crippen LogP contribution in [0.3, 0.4) is 0 Å². The van der Waals surface area contributed by atoms with Crippen LogP contribution in [-0.4, -0.2) is 22.4 Å². The minimum atomic E-state index is -0.468. The molecule has 0 heterocycles. The van der Waals surface area contributed by atoms with Crippen LogP contribution in [0.2, 0.25) is 0 Å². The van der Waals surface area contributed by atoms with E-state index in [9.17, 15) is 5.11 Å². The Morgan fingerprint density at radius 1 is 1.08 bits per heavy atom. The molecule has 2 nitrogen and oxygen atoms in total. The maximum Gasteiger partial charge on any atom is 0.0682 e. The largest absolute Gasteiger partial charge is 0.392 e. The zero-order valence-electron chi connectivity index (χ0n) is 7.50. The molecule has 70 valence electrons. The van der Waals surface area contributed by atoms with E-state index in [1.807, 2.05) is 6.08 Å². The topological polar surface area (TPSA) is 40.5 Å². The molecule has 1 rings (SSSR count). The first-order valence-electron chi connectivity index (χ1n) is 4.75. The Labute approximate surface area is 73.9 Å². The third-order valence-electron chi connectivity index (χ3n) is 2.55. The van der Waals surface area contributed by atoms with E-state index in [1.54, 1.807) is 6.08 Å². The minimum absolute atomic E-state index is 0.0794. The summed E-state index contributed by atoms with van der Waals surface area (Å²) in [7, 11) is 0. The van der Waals surface area contributed by atoms with Gasteiger partial charge < -0.3 is 10.2 Å². The fraction of sp³-hybridized carbons (Fsp3) is 0.800. The van der Waals surface area contributed by atoms with Crippen molar-refractivity contribution in [1.82, 2.24) is 0 Å². The molecule has 0 atom stereocenters. The number of rotatable bonds is 3. The van der Waals surface area contributed by atoms with Crippen LogP contribution in [0.4, 0.5) is 0 Å². The molecule has 0 saturated heterocycles. The number of hydrogen-bond donors (Lipinski definition) is 2. The zero-order valence-corrected chi connectivity index (χ0v) is 7.50. The van der Waals surface area contributed by atoms with Crippen molar-refractivity contribution in [1.29, 1.82) is 0 Å². The molecule has 0 unspecified atom stereocenters. The van der Waals surface area contributed by atoms with Gasteiger partial charge in [-0.15, -0.1) is 0 Å². The summed E-state index contributed by atoms with van der Waals surface area (Å²) >= 11 is 0. The average molecular weight is 170 g/mol. The summed E-state index contributed by atoms with van der Waals surface area (Å²) in [5.41, 5.74) is -0.468. The SMILES string of the molecule is OC/C=C/CC1(O)CCCCC1. The molecule has 0 spiro atoms. The van der Waals surface area contributed by atoms with Gasteiger partial charge in [-0.25, -0.2) is 0 Å². The van der Waals surface area contributed by atoms with Crippen LogP contribution in [0.25, 0.3) is 0 Å². The Bertz CT molecular complexity index is 146. The maximum atomic E-state index is 9.96. The van der Waals surface area contributed by atoms with Crippen LogP contribution in [0.5, 0.6) is 0 Å². The molecule has 2 N–H and O–H groups in total. The smallest absolute Gasteiger partial charge is 0.0682 e. The molecule has 0 aromatic carbocycles. The van der Waals surface area contributed by atoms with Crippen molar-refractivity contribution < 1.29 is 10.2 Å². The van der Waals surface area contributed by atoms with Gasteiger partial charge in [-0.1, -0.05) is 31.4 Å². The summed E-state index contributed by atoms with van der Waals surface area (Å²) in [6.07, 6.45) is 9.66. The molecule has 1 aliphatic rings. The van der Waals surface area contributed by atoms with E-state index in [4.69, 9.17) is 5.11 Å². The first-order chi connectivity index (χ1) is 5.77. The fourth-order valence-corrected chi connectivity index (χ4v) is 1.79. The number of hydrogen-bond acceptors (Lipinski definition) is 2. The lowest BCUT2D eigenvalue weighted by Gasteiger charge is -2.30. The third kappa shape index (κ3) is 2.95. The highest BCUT2D eigenvalue weighted by atomic mass is 16.3. The summed E-state index contributed by atoms with van der Waals surface area (Å²) in [6.45, 7) is 0.0794. The molecule has 0 bridgehead atoms. The quantitative estimate of drug-likeness (QED) is 0.632. The van der Waals surface area contributed by atoms with E-state index in [-0.39, 0.29) is 6.61 Å². The van der Waals surface area contributed by atoms with E-state index < -0.39 is 5.60 Å². The predicted molar refractivity (Wildman–Crippen MR) is 48.9 cm³/mol. The molecule has 0 aromatic heterocycles. The van der Waals surface area contributed by atoms with Crippen LogP contribution in [0.15, 0.2) is 12.2 Å². The Morgan fingerprint density at radius 2 is 1.75 bits per heavy atom. The molecule has 0 radical (unpaired) electrons. The Balaban J connectivity index is 2.31. The normalized spacial score (nSPS) is 23.2. The van der Waals surface area contributed by atoms with Gasteiger partial charge in [-0.3, -0.25) is 0 Å². The van der Waals surface area contributed by atoms with Gasteiger partial charge in [0, 0.05) is 0 Å². The van der Waals surface area contributed by atoms with Crippen molar-refractivity contribution in [3.8, 4) is 0 Å². The van der Waals surface area contributed by atoms with Crippen LogP contribution in [0.1, 0.15) is 38.5 Å². The van der Waals surface area contributed by atoms with Crippen LogP contribution >= 0.6 is 0 Å². The van der Waals surface area contributed by atoms with Gasteiger partial charge in [0.1, 0.15) is 0 Å². The van der Waals surface area contributed by atoms with Gasteiger partial charge in [-0.2, -0.15) is 0 Å². The van der Waals surface area contributed by atoms with Crippen LogP contribution < -0.4 is 0 Å². The molecule has 12 heavy (non-hydrogen) atoms. The zero-order chi connectivity index (χ0) is 8.86. The maximum absolute atomic E-state index is 9.96. The average Bonchev–Trinajstić information content (AvgIpc) is 2.06. The highest BCUT2D eigenvalue weighted by Crippen LogP contribution is 2.30. The van der Waals surface area contributed by atoms with Gasteiger partial charge in [0.15, 0.2) is 0 Å². The van der Waals surface area contributed by atoms with E-state index in [2.05, 4.69) is 0 Å². The Kier molecular flexibility index (Phi) is 3.76. The van der Waals surface area contributed by atoms with Crippen molar-refractivity contribution in [3.63, 3.8) is 0 Å². The van der Waals surface area contributed by atoms with Gasteiger partial charge in [0.2, 0.25) is 0 Å². The lowest BCUT2D eigenvalue weighted by atomic mass is 9.82. The third-order valence-corrected chi connectivity index (χ3v) is 2.55. The number of aliphatic hydroxyl groups excluding tert-OH is 1. The van der Waals surface area contributed by atoms with Gasteiger partial charge in [-0.05, 0) is 19.3 Å². The summed E-state index contributed by atoms with van der Waals surface area (Å²) in [4.78, 5) is 0. The van der Waals surface area contributed by atoms with Gasteiger partial charge >= 0.3 is 0 Å². The minimum Gasteiger partial charge on any atom is -0.392 e. The lowest BCUT2D eigenvalue weighted by molar-refractivity contribution is 0.00687. The van der Waals surface area contributed by atoms with Crippen LogP contribution in [-0.2, 0) is 0 Å². The van der Waals surface area contributed by atoms with Crippen LogP contribution in [0, 0.1) is 0 Å². The van der Waals surface area contributed by atoms with E-state index >= 15 is 0 Å². The fourth-order valence-electron chi connectivity index (χ4n) is 1.79. The van der Waals surface area contributed by atoms with Crippen molar-refractivity contribution in [2.45, 2.75) is 44.1 Å². The standard InChI is InChI=1S/C10H18O2/c11-9-5-4-8-10(12)6-2-1-3-7-10/h4-5,11-12H,1-3,6-9H2/b5-4+. The van der Waals surface area contributed by atoms with Crippen molar-refractivity contribution in [3.05, 3.63) is 12.2 Å². The first-order valence-corrected chi connectivity index (χ1v) is 4.75. The molecule has 1 fully saturated rings. The summed E-state index contributed by atoms with van der Waals surface area (Å²) < 4.78 is 0. The number of aliphatic hydroxyl groups is 2. The Hall–Kier alpha value is -0.340. The van der Waals surface area contributed by atoms with E-state index in [0.29, 0.717) is 6.42 Å². The van der Waals surface area contributed by atoms with Gasteiger partial charge in [0.05, 0.1) is 12.2 Å². The molecule has 0 amide bonds. The highest BCUT2D eigenvalue weighted by Gasteiger charge is 2.27. The Morgan fingerprint density at radius 3 is 2.33 bits per heavy atom. The van der Waals surface area contributed by atoms with Crippen molar-refractivity contribution in [2.75, 3.05) is 6.61 Å². The molecule has 0 aliphatic heterocycles. The summed E-state index contributed by atoms with van der Waals surface area (Å²) in [6, 6.07) is 0. The van der Waals surface area contributed by atoms with E-state index in [0.717, 1.165) is 25.7 Å². The molecular formula is C10H18O2. The molecule has 0 aromatic rings. The second-order valence-electron chi connectivity index (χ2n) is 3.64. The van der Waals surface area contributed by atoms with Crippen molar-refractivity contribution in [2.24, 2.45) is 0 Å². The van der Waals surface area contributed by atoms with E-state index in [1.165, 1.54) is 6.42 Å². The predicted octanol–water partition coefficient (Wildman–Crippen LogP) is 1.62. The second-order valence-corrected chi connectivity index (χ2v) is 3.64. The summed E-state index contributed by atoms with van der Waals surface area (Å²) in [5.74, 6) is 0. The summed E-state index contributed by atoms with van der Waals surface area (Å²) in [5, 5.41) is 18.5. The first kappa shape index (κ1) is 9.75. The lowest BCUT2D eigenvalue weighted by Crippen LogP contribution is -2.30. The molecular weight excluding hydrogens is 152 g/mol. The van der Waals surface area contributed by atoms with Crippen molar-refractivity contribution >= 4 is 0 Å². The second kappa shape index (κ2) is 4.63. The highest BCUT2D eigenvalue weighted by molar-refractivity contribution is 4.92. The van der Waals surface area contributed by atoms with Gasteiger partial charge in [0.25, 0.3) is 0 Å². The molecule has 2 heteroatoms. The molecule has 1 aliphatic carbocycles.